The molecule has 0 spiro atoms. The molecule has 0 aliphatic carbocycles. The predicted octanol–water partition coefficient (Wildman–Crippen LogP) is 2.13. The highest BCUT2D eigenvalue weighted by atomic mass is 35.5. The Labute approximate surface area is 140 Å². The molecular weight excluding hydrogens is 316 g/mol. The summed E-state index contributed by atoms with van der Waals surface area (Å²) < 4.78 is 0. The van der Waals surface area contributed by atoms with Crippen molar-refractivity contribution in [1.82, 2.24) is 14.8 Å². The summed E-state index contributed by atoms with van der Waals surface area (Å²) in [6, 6.07) is 3.37. The lowest BCUT2D eigenvalue weighted by molar-refractivity contribution is -0.133. The van der Waals surface area contributed by atoms with Gasteiger partial charge in [-0.05, 0) is 38.3 Å². The summed E-state index contributed by atoms with van der Waals surface area (Å²) in [6.07, 6.45) is 4.13. The summed E-state index contributed by atoms with van der Waals surface area (Å²) in [5.41, 5.74) is -0.632. The minimum absolute atomic E-state index is 0.0426. The van der Waals surface area contributed by atoms with Crippen molar-refractivity contribution in [2.45, 2.75) is 37.8 Å². The second kappa shape index (κ2) is 5.09. The number of amides is 3. The topological polar surface area (TPSA) is 56.8 Å². The Morgan fingerprint density at radius 2 is 2.17 bits per heavy atom. The molecule has 0 unspecified atom stereocenters. The number of hydrogen-bond donors (Lipinski definition) is 0. The van der Waals surface area contributed by atoms with Crippen LogP contribution in [0.1, 0.15) is 26.2 Å². The Kier molecular flexibility index (Phi) is 3.27. The van der Waals surface area contributed by atoms with Crippen LogP contribution < -0.4 is 4.90 Å². The summed E-state index contributed by atoms with van der Waals surface area (Å²) in [5.74, 6) is 0.682. The van der Waals surface area contributed by atoms with Gasteiger partial charge in [0.25, 0.3) is 5.91 Å². The van der Waals surface area contributed by atoms with Gasteiger partial charge >= 0.3 is 6.03 Å². The summed E-state index contributed by atoms with van der Waals surface area (Å²) in [5, 5.41) is 0.597. The third-order valence-corrected chi connectivity index (χ3v) is 5.62. The lowest BCUT2D eigenvalue weighted by Crippen LogP contribution is -2.45. The Bertz CT molecular complexity index is 682. The standard InChI is InChI=1S/C16H19ClN4O2/c1-16-6-3-8-20(16)15(23)21(14(16)22)11-5-9-19(10-11)13-12(17)4-2-7-18-13/h2,4,7,11H,3,5-6,8-10H2,1H3/t11-,16+/m1/s1. The minimum atomic E-state index is -0.632. The maximum absolute atomic E-state index is 12.8. The van der Waals surface area contributed by atoms with Crippen molar-refractivity contribution in [3.8, 4) is 0 Å². The Hall–Kier alpha value is -1.82. The van der Waals surface area contributed by atoms with Crippen LogP contribution in [0.2, 0.25) is 5.02 Å². The van der Waals surface area contributed by atoms with Crippen molar-refractivity contribution in [2.24, 2.45) is 0 Å². The smallest absolute Gasteiger partial charge is 0.327 e. The van der Waals surface area contributed by atoms with Crippen molar-refractivity contribution in [1.29, 1.82) is 0 Å². The van der Waals surface area contributed by atoms with Crippen molar-refractivity contribution in [2.75, 3.05) is 24.5 Å². The fourth-order valence-electron chi connectivity index (χ4n) is 4.05. The fraction of sp³-hybridized carbons (Fsp3) is 0.562. The highest BCUT2D eigenvalue weighted by Crippen LogP contribution is 2.39. The Morgan fingerprint density at radius 1 is 1.35 bits per heavy atom. The maximum Gasteiger partial charge on any atom is 0.327 e. The number of aromatic nitrogens is 1. The second-order valence-corrected chi connectivity index (χ2v) is 7.09. The summed E-state index contributed by atoms with van der Waals surface area (Å²) >= 11 is 6.21. The lowest BCUT2D eigenvalue weighted by atomic mass is 9.99. The molecule has 0 bridgehead atoms. The molecule has 3 amide bonds. The molecule has 23 heavy (non-hydrogen) atoms. The fourth-order valence-corrected chi connectivity index (χ4v) is 4.29. The zero-order valence-corrected chi connectivity index (χ0v) is 13.8. The molecule has 0 N–H and O–H groups in total. The Morgan fingerprint density at radius 3 is 2.91 bits per heavy atom. The third-order valence-electron chi connectivity index (χ3n) is 5.32. The largest absolute Gasteiger partial charge is 0.353 e. The first-order valence-corrected chi connectivity index (χ1v) is 8.41. The van der Waals surface area contributed by atoms with Crippen molar-refractivity contribution >= 4 is 29.4 Å². The van der Waals surface area contributed by atoms with E-state index in [1.807, 2.05) is 6.92 Å². The lowest BCUT2D eigenvalue weighted by Gasteiger charge is -2.24. The zero-order chi connectivity index (χ0) is 16.2. The van der Waals surface area contributed by atoms with Crippen LogP contribution in [-0.2, 0) is 4.79 Å². The van der Waals surface area contributed by atoms with E-state index in [1.54, 1.807) is 23.2 Å². The molecule has 122 valence electrons. The number of fused-ring (bicyclic) bond motifs is 1. The van der Waals surface area contributed by atoms with E-state index in [-0.39, 0.29) is 18.0 Å². The minimum Gasteiger partial charge on any atom is -0.353 e. The quantitative estimate of drug-likeness (QED) is 0.777. The molecule has 4 rings (SSSR count). The van der Waals surface area contributed by atoms with Crippen molar-refractivity contribution in [3.05, 3.63) is 23.4 Å². The molecule has 3 saturated heterocycles. The van der Waals surface area contributed by atoms with E-state index < -0.39 is 5.54 Å². The average Bonchev–Trinajstić information content (AvgIpc) is 3.19. The van der Waals surface area contributed by atoms with Crippen LogP contribution in [0.3, 0.4) is 0 Å². The van der Waals surface area contributed by atoms with Crippen LogP contribution in [0.25, 0.3) is 0 Å². The van der Waals surface area contributed by atoms with Crippen LogP contribution in [0.4, 0.5) is 10.6 Å². The van der Waals surface area contributed by atoms with Crippen LogP contribution in [0, 0.1) is 0 Å². The molecule has 0 radical (unpaired) electrons. The molecule has 3 fully saturated rings. The van der Waals surface area contributed by atoms with Gasteiger partial charge in [-0.2, -0.15) is 0 Å². The normalized spacial score (nSPS) is 30.5. The van der Waals surface area contributed by atoms with Gasteiger partial charge in [-0.15, -0.1) is 0 Å². The number of imide groups is 1. The van der Waals surface area contributed by atoms with E-state index >= 15 is 0 Å². The van der Waals surface area contributed by atoms with E-state index in [2.05, 4.69) is 9.88 Å². The molecule has 2 atom stereocenters. The number of rotatable bonds is 2. The summed E-state index contributed by atoms with van der Waals surface area (Å²) in [4.78, 5) is 35.1. The van der Waals surface area contributed by atoms with Crippen LogP contribution in [0.5, 0.6) is 0 Å². The molecule has 3 aliphatic rings. The van der Waals surface area contributed by atoms with E-state index in [9.17, 15) is 9.59 Å². The van der Waals surface area contributed by atoms with Crippen LogP contribution in [0.15, 0.2) is 18.3 Å². The van der Waals surface area contributed by atoms with E-state index in [4.69, 9.17) is 11.6 Å². The highest BCUT2D eigenvalue weighted by Gasteiger charge is 2.58. The van der Waals surface area contributed by atoms with E-state index in [1.165, 1.54) is 4.90 Å². The molecule has 6 nitrogen and oxygen atoms in total. The van der Waals surface area contributed by atoms with Gasteiger partial charge in [0.05, 0.1) is 11.1 Å². The van der Waals surface area contributed by atoms with Gasteiger partial charge in [-0.25, -0.2) is 9.78 Å². The molecular formula is C16H19ClN4O2. The SMILES string of the molecule is C[C@@]12CCCN1C(=O)N([C@@H]1CCN(c3ncccc3Cl)C1)C2=O. The number of hydrogen-bond acceptors (Lipinski definition) is 4. The van der Waals surface area contributed by atoms with E-state index in [0.717, 1.165) is 31.6 Å². The van der Waals surface area contributed by atoms with Gasteiger partial charge < -0.3 is 9.80 Å². The maximum atomic E-state index is 12.8. The number of halogens is 1. The molecule has 1 aromatic rings. The number of anilines is 1. The van der Waals surface area contributed by atoms with Gasteiger partial charge in [0.1, 0.15) is 11.4 Å². The van der Waals surface area contributed by atoms with Gasteiger partial charge in [-0.1, -0.05) is 11.6 Å². The first kappa shape index (κ1) is 14.8. The van der Waals surface area contributed by atoms with E-state index in [0.29, 0.717) is 18.1 Å². The van der Waals surface area contributed by atoms with Crippen molar-refractivity contribution < 1.29 is 9.59 Å². The molecule has 4 heterocycles. The number of carbonyl (C=O) groups is 2. The Balaban J connectivity index is 1.56. The molecule has 3 aliphatic heterocycles. The number of pyridine rings is 1. The van der Waals surface area contributed by atoms with Gasteiger partial charge in [0.2, 0.25) is 0 Å². The first-order chi connectivity index (χ1) is 11.0. The highest BCUT2D eigenvalue weighted by molar-refractivity contribution is 6.32. The third kappa shape index (κ3) is 2.04. The molecule has 0 aromatic carbocycles. The number of nitrogens with zero attached hydrogens (tertiary/aromatic N) is 4. The number of carbonyl (C=O) groups excluding carboxylic acids is 2. The average molecular weight is 335 g/mol. The van der Waals surface area contributed by atoms with Gasteiger partial charge in [0.15, 0.2) is 0 Å². The molecule has 1 aromatic heterocycles. The summed E-state index contributed by atoms with van der Waals surface area (Å²) in [7, 11) is 0. The monoisotopic (exact) mass is 334 g/mol. The second-order valence-electron chi connectivity index (χ2n) is 6.68. The van der Waals surface area contributed by atoms with Gasteiger partial charge in [0, 0.05) is 25.8 Å². The predicted molar refractivity (Wildman–Crippen MR) is 86.5 cm³/mol. The van der Waals surface area contributed by atoms with Crippen LogP contribution >= 0.6 is 11.6 Å². The summed E-state index contributed by atoms with van der Waals surface area (Å²) in [6.45, 7) is 3.91. The molecule has 0 saturated carbocycles. The van der Waals surface area contributed by atoms with Crippen LogP contribution in [-0.4, -0.2) is 57.9 Å². The molecule has 7 heteroatoms. The zero-order valence-electron chi connectivity index (χ0n) is 13.0. The number of urea groups is 1. The first-order valence-electron chi connectivity index (χ1n) is 8.03. The van der Waals surface area contributed by atoms with Crippen molar-refractivity contribution in [3.63, 3.8) is 0 Å². The van der Waals surface area contributed by atoms with Gasteiger partial charge in [-0.3, -0.25) is 9.69 Å².